The van der Waals surface area contributed by atoms with Crippen LogP contribution in [0.5, 0.6) is 11.5 Å². The number of hydrogen-bond acceptors (Lipinski definition) is 4. The average Bonchev–Trinajstić information content (AvgIpc) is 2.73. The van der Waals surface area contributed by atoms with Crippen LogP contribution in [0.3, 0.4) is 0 Å². The van der Waals surface area contributed by atoms with Gasteiger partial charge in [-0.1, -0.05) is 43.7 Å². The Bertz CT molecular complexity index is 895. The second-order valence-corrected chi connectivity index (χ2v) is 7.44. The highest BCUT2D eigenvalue weighted by Gasteiger charge is 2.37. The number of carbonyl (C=O) groups is 2. The van der Waals surface area contributed by atoms with Gasteiger partial charge in [-0.05, 0) is 60.7 Å². The van der Waals surface area contributed by atoms with Crippen molar-refractivity contribution in [3.05, 3.63) is 65.7 Å². The lowest BCUT2D eigenvalue weighted by molar-refractivity contribution is -0.130. The first kappa shape index (κ1) is 20.8. The molecule has 4 heteroatoms. The monoisotopic (exact) mass is 392 g/mol. The predicted molar refractivity (Wildman–Crippen MR) is 114 cm³/mol. The van der Waals surface area contributed by atoms with Crippen molar-refractivity contribution in [3.63, 3.8) is 0 Å². The molecule has 1 aliphatic carbocycles. The van der Waals surface area contributed by atoms with E-state index in [1.165, 1.54) is 6.92 Å². The van der Waals surface area contributed by atoms with Crippen LogP contribution in [0.2, 0.25) is 0 Å². The Hall–Kier alpha value is -2.88. The molecule has 2 aromatic carbocycles. The van der Waals surface area contributed by atoms with Gasteiger partial charge >= 0.3 is 0 Å². The van der Waals surface area contributed by atoms with Gasteiger partial charge in [-0.25, -0.2) is 0 Å². The maximum absolute atomic E-state index is 12.9. The summed E-state index contributed by atoms with van der Waals surface area (Å²) in [6, 6.07) is 15.5. The summed E-state index contributed by atoms with van der Waals surface area (Å²) in [6.07, 6.45) is 4.35. The molecule has 0 saturated carbocycles. The predicted octanol–water partition coefficient (Wildman–Crippen LogP) is 5.22. The Morgan fingerprint density at radius 3 is 2.48 bits per heavy atom. The van der Waals surface area contributed by atoms with Gasteiger partial charge in [0.25, 0.3) is 0 Å². The van der Waals surface area contributed by atoms with Crippen LogP contribution in [0.4, 0.5) is 0 Å². The zero-order valence-corrected chi connectivity index (χ0v) is 17.3. The van der Waals surface area contributed by atoms with E-state index in [9.17, 15) is 9.59 Å². The molecule has 152 valence electrons. The molecule has 1 aliphatic rings. The van der Waals surface area contributed by atoms with Gasteiger partial charge in [0.15, 0.2) is 5.78 Å². The Labute approximate surface area is 172 Å². The van der Waals surface area contributed by atoms with Gasteiger partial charge in [0.1, 0.15) is 17.3 Å². The van der Waals surface area contributed by atoms with Crippen LogP contribution in [0.15, 0.2) is 54.6 Å². The molecule has 0 amide bonds. The smallest absolute Gasteiger partial charge is 0.167 e. The van der Waals surface area contributed by atoms with E-state index in [0.717, 1.165) is 35.3 Å². The highest BCUT2D eigenvalue weighted by Crippen LogP contribution is 2.43. The van der Waals surface area contributed by atoms with Crippen molar-refractivity contribution < 1.29 is 19.1 Å². The topological polar surface area (TPSA) is 52.6 Å². The average molecular weight is 392 g/mol. The quantitative estimate of drug-likeness (QED) is 0.457. The number of hydrogen-bond donors (Lipinski definition) is 0. The molecule has 29 heavy (non-hydrogen) atoms. The maximum Gasteiger partial charge on any atom is 0.167 e. The lowest BCUT2D eigenvalue weighted by Gasteiger charge is -2.30. The number of rotatable bonds is 8. The van der Waals surface area contributed by atoms with Gasteiger partial charge < -0.3 is 9.47 Å². The second-order valence-electron chi connectivity index (χ2n) is 7.44. The molecule has 0 fully saturated rings. The first-order valence-electron chi connectivity index (χ1n) is 10.2. The van der Waals surface area contributed by atoms with Crippen LogP contribution in [0.25, 0.3) is 5.57 Å². The summed E-state index contributed by atoms with van der Waals surface area (Å²) in [7, 11) is 1.61. The van der Waals surface area contributed by atoms with Crippen LogP contribution in [0.1, 0.15) is 50.2 Å². The van der Waals surface area contributed by atoms with Crippen molar-refractivity contribution >= 4 is 17.1 Å². The number of carbonyl (C=O) groups excluding carboxylic acids is 2. The fourth-order valence-corrected chi connectivity index (χ4v) is 3.92. The Morgan fingerprint density at radius 2 is 1.83 bits per heavy atom. The van der Waals surface area contributed by atoms with Crippen molar-refractivity contribution in [1.82, 2.24) is 0 Å². The molecule has 0 saturated heterocycles. The Kier molecular flexibility index (Phi) is 6.86. The van der Waals surface area contributed by atoms with Crippen LogP contribution in [0, 0.1) is 5.92 Å². The first-order chi connectivity index (χ1) is 14.0. The maximum atomic E-state index is 12.9. The van der Waals surface area contributed by atoms with Gasteiger partial charge in [0.05, 0.1) is 19.6 Å². The molecule has 0 heterocycles. The molecule has 0 radical (unpaired) electrons. The van der Waals surface area contributed by atoms with Gasteiger partial charge in [-0.2, -0.15) is 0 Å². The minimum absolute atomic E-state index is 0.110. The highest BCUT2D eigenvalue weighted by atomic mass is 16.5. The fourth-order valence-electron chi connectivity index (χ4n) is 3.92. The van der Waals surface area contributed by atoms with Crippen molar-refractivity contribution in [1.29, 1.82) is 0 Å². The van der Waals surface area contributed by atoms with E-state index in [2.05, 4.69) is 6.92 Å². The molecule has 0 aliphatic heterocycles. The second kappa shape index (κ2) is 9.55. The van der Waals surface area contributed by atoms with Gasteiger partial charge in [0.2, 0.25) is 0 Å². The molecule has 4 nitrogen and oxygen atoms in total. The molecule has 2 unspecified atom stereocenters. The lowest BCUT2D eigenvalue weighted by atomic mass is 9.72. The number of allylic oxidation sites excluding steroid dienone is 2. The molecular weight excluding hydrogens is 364 g/mol. The lowest BCUT2D eigenvalue weighted by Crippen LogP contribution is -2.31. The zero-order chi connectivity index (χ0) is 20.8. The molecule has 0 N–H and O–H groups in total. The number of para-hydroxylation sites is 1. The minimum Gasteiger partial charge on any atom is -0.496 e. The van der Waals surface area contributed by atoms with Crippen LogP contribution in [-0.2, 0) is 9.59 Å². The summed E-state index contributed by atoms with van der Waals surface area (Å²) < 4.78 is 11.2. The number of ether oxygens (including phenoxy) is 2. The van der Waals surface area contributed by atoms with Crippen molar-refractivity contribution in [2.24, 2.45) is 5.92 Å². The number of methoxy groups -OCH3 is 1. The normalized spacial score (nSPS) is 18.9. The molecule has 0 spiro atoms. The van der Waals surface area contributed by atoms with Gasteiger partial charge in [-0.3, -0.25) is 9.59 Å². The van der Waals surface area contributed by atoms with E-state index in [1.54, 1.807) is 13.2 Å². The summed E-state index contributed by atoms with van der Waals surface area (Å²) in [4.78, 5) is 25.2. The van der Waals surface area contributed by atoms with E-state index in [-0.39, 0.29) is 17.5 Å². The van der Waals surface area contributed by atoms with Crippen molar-refractivity contribution in [2.45, 2.75) is 39.0 Å². The third kappa shape index (κ3) is 4.76. The zero-order valence-electron chi connectivity index (χ0n) is 17.3. The SMILES string of the molecule is CCCCOc1ccc(C2=CC(=O)C(C(C)=O)C(c3ccccc3OC)C2)cc1. The van der Waals surface area contributed by atoms with Crippen LogP contribution < -0.4 is 9.47 Å². The minimum atomic E-state index is -0.674. The highest BCUT2D eigenvalue weighted by molar-refractivity contribution is 6.12. The number of unbranched alkanes of at least 4 members (excludes halogenated alkanes) is 1. The van der Waals surface area contributed by atoms with Gasteiger partial charge in [0, 0.05) is 5.92 Å². The molecule has 3 rings (SSSR count). The van der Waals surface area contributed by atoms with E-state index < -0.39 is 5.92 Å². The van der Waals surface area contributed by atoms with Crippen LogP contribution in [-0.4, -0.2) is 25.3 Å². The van der Waals surface area contributed by atoms with E-state index in [1.807, 2.05) is 48.5 Å². The Morgan fingerprint density at radius 1 is 1.10 bits per heavy atom. The third-order valence-electron chi connectivity index (χ3n) is 5.43. The number of ketones is 2. The van der Waals surface area contributed by atoms with E-state index in [4.69, 9.17) is 9.47 Å². The standard InChI is InChI=1S/C25H28O4/c1-4-5-14-29-20-12-10-18(11-13-20)19-15-22(25(17(2)26)23(27)16-19)21-8-6-7-9-24(21)28-3/h6-13,16,22,25H,4-5,14-15H2,1-3H3. The fraction of sp³-hybridized carbons (Fsp3) is 0.360. The van der Waals surface area contributed by atoms with E-state index >= 15 is 0 Å². The first-order valence-corrected chi connectivity index (χ1v) is 10.2. The van der Waals surface area contributed by atoms with Crippen molar-refractivity contribution in [2.75, 3.05) is 13.7 Å². The van der Waals surface area contributed by atoms with Crippen LogP contribution >= 0.6 is 0 Å². The number of Topliss-reactive ketones (excluding diaryl/α,β-unsaturated/α-hetero) is 1. The summed E-state index contributed by atoms with van der Waals surface area (Å²) in [5.74, 6) is 0.368. The third-order valence-corrected chi connectivity index (χ3v) is 5.43. The van der Waals surface area contributed by atoms with Crippen molar-refractivity contribution in [3.8, 4) is 11.5 Å². The summed E-state index contributed by atoms with van der Waals surface area (Å²) in [5, 5.41) is 0. The Balaban J connectivity index is 1.90. The summed E-state index contributed by atoms with van der Waals surface area (Å²) in [6.45, 7) is 4.32. The van der Waals surface area contributed by atoms with Gasteiger partial charge in [-0.15, -0.1) is 0 Å². The summed E-state index contributed by atoms with van der Waals surface area (Å²) in [5.41, 5.74) is 2.81. The molecule has 2 aromatic rings. The van der Waals surface area contributed by atoms with E-state index in [0.29, 0.717) is 18.8 Å². The molecule has 0 aromatic heterocycles. The molecular formula is C25H28O4. The number of benzene rings is 2. The molecule has 2 atom stereocenters. The summed E-state index contributed by atoms with van der Waals surface area (Å²) >= 11 is 0. The molecule has 0 bridgehead atoms. The largest absolute Gasteiger partial charge is 0.496 e.